The van der Waals surface area contributed by atoms with Gasteiger partial charge in [-0.2, -0.15) is 0 Å². The maximum absolute atomic E-state index is 12.3. The highest BCUT2D eigenvalue weighted by molar-refractivity contribution is 5.98. The van der Waals surface area contributed by atoms with Crippen LogP contribution in [-0.2, 0) is 6.42 Å². The predicted molar refractivity (Wildman–Crippen MR) is 100 cm³/mol. The Morgan fingerprint density at radius 2 is 1.92 bits per heavy atom. The number of carbonyl (C=O) groups excluding carboxylic acids is 2. The highest BCUT2D eigenvalue weighted by Gasteiger charge is 2.12. The number of hydrogen-bond acceptors (Lipinski definition) is 4. The summed E-state index contributed by atoms with van der Waals surface area (Å²) < 4.78 is 5.19. The first-order chi connectivity index (χ1) is 12.5. The maximum atomic E-state index is 12.3. The summed E-state index contributed by atoms with van der Waals surface area (Å²) in [4.78, 5) is 28.4. The first kappa shape index (κ1) is 19.4. The molecule has 0 atom stereocenters. The Kier molecular flexibility index (Phi) is 7.14. The average molecular weight is 355 g/mol. The summed E-state index contributed by atoms with van der Waals surface area (Å²) in [6.45, 7) is 5.08. The zero-order valence-corrected chi connectivity index (χ0v) is 15.4. The van der Waals surface area contributed by atoms with Gasteiger partial charge >= 0.3 is 0 Å². The highest BCUT2D eigenvalue weighted by atomic mass is 16.5. The van der Waals surface area contributed by atoms with Gasteiger partial charge < -0.3 is 15.4 Å². The fourth-order valence-corrected chi connectivity index (χ4v) is 2.33. The molecule has 0 aliphatic heterocycles. The minimum absolute atomic E-state index is 0.229. The van der Waals surface area contributed by atoms with Crippen molar-refractivity contribution in [2.24, 2.45) is 5.92 Å². The Morgan fingerprint density at radius 1 is 1.12 bits per heavy atom. The van der Waals surface area contributed by atoms with Crippen molar-refractivity contribution in [1.82, 2.24) is 15.6 Å². The molecule has 0 bridgehead atoms. The molecule has 2 aromatic rings. The van der Waals surface area contributed by atoms with Crippen LogP contribution in [0.2, 0.25) is 0 Å². The second kappa shape index (κ2) is 9.56. The Morgan fingerprint density at radius 3 is 2.65 bits per heavy atom. The smallest absolute Gasteiger partial charge is 0.269 e. The number of methoxy groups -OCH3 is 1. The van der Waals surface area contributed by atoms with Gasteiger partial charge in [-0.15, -0.1) is 0 Å². The number of amides is 2. The lowest BCUT2D eigenvalue weighted by atomic mass is 10.1. The van der Waals surface area contributed by atoms with Crippen LogP contribution in [0.3, 0.4) is 0 Å². The van der Waals surface area contributed by atoms with Crippen LogP contribution < -0.4 is 15.4 Å². The Balaban J connectivity index is 1.90. The molecule has 0 saturated carbocycles. The second-order valence-electron chi connectivity index (χ2n) is 6.39. The summed E-state index contributed by atoms with van der Waals surface area (Å²) in [5.41, 5.74) is 1.74. The summed E-state index contributed by atoms with van der Waals surface area (Å²) in [6, 6.07) is 10.8. The molecule has 2 rings (SSSR count). The summed E-state index contributed by atoms with van der Waals surface area (Å²) in [5.74, 6) is 0.639. The fraction of sp³-hybridized carbons (Fsp3) is 0.350. The lowest BCUT2D eigenvalue weighted by molar-refractivity contribution is 0.0944. The summed E-state index contributed by atoms with van der Waals surface area (Å²) in [7, 11) is 1.62. The molecule has 1 heterocycles. The molecule has 0 unspecified atom stereocenters. The Bertz CT molecular complexity index is 759. The van der Waals surface area contributed by atoms with Gasteiger partial charge in [-0.05, 0) is 42.2 Å². The van der Waals surface area contributed by atoms with Gasteiger partial charge in [0.05, 0.1) is 7.11 Å². The monoisotopic (exact) mass is 355 g/mol. The number of aromatic nitrogens is 1. The Labute approximate surface area is 154 Å². The first-order valence-electron chi connectivity index (χ1n) is 8.65. The summed E-state index contributed by atoms with van der Waals surface area (Å²) in [5, 5.41) is 5.66. The molecule has 2 amide bonds. The van der Waals surface area contributed by atoms with E-state index in [1.807, 2.05) is 38.1 Å². The van der Waals surface area contributed by atoms with Crippen molar-refractivity contribution in [3.05, 3.63) is 59.4 Å². The Hall–Kier alpha value is -2.89. The van der Waals surface area contributed by atoms with Gasteiger partial charge in [0.1, 0.15) is 11.4 Å². The summed E-state index contributed by atoms with van der Waals surface area (Å²) in [6.07, 6.45) is 2.16. The third-order valence-electron chi connectivity index (χ3n) is 3.76. The molecule has 0 radical (unpaired) electrons. The number of rotatable bonds is 8. The van der Waals surface area contributed by atoms with Crippen molar-refractivity contribution < 1.29 is 14.3 Å². The van der Waals surface area contributed by atoms with Crippen molar-refractivity contribution in [3.8, 4) is 5.75 Å². The van der Waals surface area contributed by atoms with Gasteiger partial charge in [0, 0.05) is 24.8 Å². The molecule has 1 aromatic heterocycles. The van der Waals surface area contributed by atoms with E-state index < -0.39 is 0 Å². The van der Waals surface area contributed by atoms with E-state index in [9.17, 15) is 9.59 Å². The van der Waals surface area contributed by atoms with Gasteiger partial charge in [0.2, 0.25) is 0 Å². The number of pyridine rings is 1. The number of nitrogens with zero attached hydrogens (tertiary/aromatic N) is 1. The molecule has 0 fully saturated rings. The number of benzene rings is 1. The lowest BCUT2D eigenvalue weighted by Crippen LogP contribution is -2.29. The second-order valence-corrected chi connectivity index (χ2v) is 6.39. The van der Waals surface area contributed by atoms with Crippen molar-refractivity contribution in [3.63, 3.8) is 0 Å². The molecular formula is C20H25N3O3. The zero-order chi connectivity index (χ0) is 18.9. The van der Waals surface area contributed by atoms with Crippen molar-refractivity contribution in [1.29, 1.82) is 0 Å². The summed E-state index contributed by atoms with van der Waals surface area (Å²) >= 11 is 0. The number of nitrogens with one attached hydrogen (secondary N) is 2. The number of hydrogen-bond donors (Lipinski definition) is 2. The normalized spacial score (nSPS) is 10.5. The SMILES string of the molecule is COc1cccc(CCNC(=O)c2ccnc(C(=O)NCC(C)C)c2)c1. The van der Waals surface area contributed by atoms with E-state index in [2.05, 4.69) is 15.6 Å². The molecule has 0 aliphatic carbocycles. The van der Waals surface area contributed by atoms with Crippen LogP contribution in [0, 0.1) is 5.92 Å². The van der Waals surface area contributed by atoms with Crippen molar-refractivity contribution in [2.45, 2.75) is 20.3 Å². The standard InChI is InChI=1S/C20H25N3O3/c1-14(2)13-23-20(25)18-12-16(8-10-21-18)19(24)22-9-7-15-5-4-6-17(11-15)26-3/h4-6,8,10-12,14H,7,9,13H2,1-3H3,(H,22,24)(H,23,25). The zero-order valence-electron chi connectivity index (χ0n) is 15.4. The third-order valence-corrected chi connectivity index (χ3v) is 3.76. The van der Waals surface area contributed by atoms with Crippen LogP contribution in [0.5, 0.6) is 5.75 Å². The van der Waals surface area contributed by atoms with Gasteiger partial charge in [-0.25, -0.2) is 0 Å². The molecule has 0 aliphatic rings. The van der Waals surface area contributed by atoms with Crippen LogP contribution in [0.4, 0.5) is 0 Å². The molecule has 2 N–H and O–H groups in total. The van der Waals surface area contributed by atoms with E-state index >= 15 is 0 Å². The predicted octanol–water partition coefficient (Wildman–Crippen LogP) is 2.45. The van der Waals surface area contributed by atoms with Crippen LogP contribution in [0.25, 0.3) is 0 Å². The minimum Gasteiger partial charge on any atom is -0.497 e. The average Bonchev–Trinajstić information content (AvgIpc) is 2.66. The fourth-order valence-electron chi connectivity index (χ4n) is 2.33. The van der Waals surface area contributed by atoms with Crippen LogP contribution in [0.1, 0.15) is 40.3 Å². The van der Waals surface area contributed by atoms with E-state index in [4.69, 9.17) is 4.74 Å². The van der Waals surface area contributed by atoms with Gasteiger partial charge in [-0.1, -0.05) is 26.0 Å². The molecule has 26 heavy (non-hydrogen) atoms. The van der Waals surface area contributed by atoms with Crippen LogP contribution in [0.15, 0.2) is 42.6 Å². The van der Waals surface area contributed by atoms with E-state index in [-0.39, 0.29) is 17.5 Å². The van der Waals surface area contributed by atoms with E-state index in [1.54, 1.807) is 13.2 Å². The van der Waals surface area contributed by atoms with Gasteiger partial charge in [0.15, 0.2) is 0 Å². The molecule has 6 nitrogen and oxygen atoms in total. The topological polar surface area (TPSA) is 80.3 Å². The van der Waals surface area contributed by atoms with Crippen molar-refractivity contribution >= 4 is 11.8 Å². The molecule has 138 valence electrons. The highest BCUT2D eigenvalue weighted by Crippen LogP contribution is 2.12. The van der Waals surface area contributed by atoms with E-state index in [1.165, 1.54) is 12.3 Å². The number of carbonyl (C=O) groups is 2. The largest absolute Gasteiger partial charge is 0.497 e. The molecule has 6 heteroatoms. The minimum atomic E-state index is -0.273. The van der Waals surface area contributed by atoms with Crippen LogP contribution in [-0.4, -0.2) is 37.0 Å². The van der Waals surface area contributed by atoms with Crippen molar-refractivity contribution in [2.75, 3.05) is 20.2 Å². The van der Waals surface area contributed by atoms with Gasteiger partial charge in [-0.3, -0.25) is 14.6 Å². The molecular weight excluding hydrogens is 330 g/mol. The third kappa shape index (κ3) is 5.88. The first-order valence-corrected chi connectivity index (χ1v) is 8.65. The quantitative estimate of drug-likeness (QED) is 0.762. The van der Waals surface area contributed by atoms with Crippen LogP contribution >= 0.6 is 0 Å². The molecule has 0 spiro atoms. The number of ether oxygens (including phenoxy) is 1. The lowest BCUT2D eigenvalue weighted by Gasteiger charge is -2.09. The molecule has 0 saturated heterocycles. The molecule has 1 aromatic carbocycles. The van der Waals surface area contributed by atoms with E-state index in [0.29, 0.717) is 31.0 Å². The van der Waals surface area contributed by atoms with Gasteiger partial charge in [0.25, 0.3) is 11.8 Å². The maximum Gasteiger partial charge on any atom is 0.269 e. The van der Waals surface area contributed by atoms with E-state index in [0.717, 1.165) is 11.3 Å².